The van der Waals surface area contributed by atoms with Crippen LogP contribution in [0.15, 0.2) is 53.8 Å². The Hall–Kier alpha value is -2.80. The van der Waals surface area contributed by atoms with Gasteiger partial charge in [0.15, 0.2) is 0 Å². The Balaban J connectivity index is 1.64. The fraction of sp³-hybridized carbons (Fsp3) is 0.368. The van der Waals surface area contributed by atoms with Crippen LogP contribution in [0.2, 0.25) is 0 Å². The van der Waals surface area contributed by atoms with Crippen molar-refractivity contribution in [3.63, 3.8) is 0 Å². The molecule has 2 aromatic heterocycles. The van der Waals surface area contributed by atoms with Crippen LogP contribution in [0.5, 0.6) is 0 Å². The van der Waals surface area contributed by atoms with E-state index in [-0.39, 0.29) is 11.7 Å². The van der Waals surface area contributed by atoms with Gasteiger partial charge in [0, 0.05) is 38.3 Å². The molecule has 2 aliphatic rings. The third kappa shape index (κ3) is 3.30. The molecule has 134 valence electrons. The van der Waals surface area contributed by atoms with E-state index in [1.807, 2.05) is 0 Å². The lowest BCUT2D eigenvalue weighted by molar-refractivity contribution is 0.0139. The molecule has 0 radical (unpaired) electrons. The van der Waals surface area contributed by atoms with Crippen molar-refractivity contribution in [2.45, 2.75) is 12.5 Å². The first-order chi connectivity index (χ1) is 12.7. The van der Waals surface area contributed by atoms with Crippen LogP contribution in [0.3, 0.4) is 0 Å². The summed E-state index contributed by atoms with van der Waals surface area (Å²) in [4.78, 5) is 27.4. The molecule has 2 aromatic rings. The first kappa shape index (κ1) is 16.7. The summed E-state index contributed by atoms with van der Waals surface area (Å²) in [5.41, 5.74) is 1.10. The van der Waals surface area contributed by atoms with Crippen LogP contribution in [0.25, 0.3) is 11.4 Å². The first-order valence-electron chi connectivity index (χ1n) is 8.77. The number of ether oxygens (including phenoxy) is 1. The smallest absolute Gasteiger partial charge is 0.255 e. The second kappa shape index (κ2) is 7.21. The maximum absolute atomic E-state index is 12.5. The summed E-state index contributed by atoms with van der Waals surface area (Å²) >= 11 is 0. The molecular formula is C19H21N5O2. The molecule has 0 saturated carbocycles. The number of hydrogen-bond donors (Lipinski definition) is 0. The van der Waals surface area contributed by atoms with Gasteiger partial charge in [0.05, 0.1) is 24.1 Å². The zero-order valence-electron chi connectivity index (χ0n) is 14.7. The molecule has 7 heteroatoms. The molecule has 4 rings (SSSR count). The summed E-state index contributed by atoms with van der Waals surface area (Å²) in [5.74, 6) is 1.000. The highest BCUT2D eigenvalue weighted by Gasteiger charge is 2.28. The van der Waals surface area contributed by atoms with Crippen molar-refractivity contribution in [1.29, 1.82) is 0 Å². The van der Waals surface area contributed by atoms with E-state index in [0.717, 1.165) is 6.42 Å². The Morgan fingerprint density at radius 1 is 1.27 bits per heavy atom. The molecule has 1 aliphatic carbocycles. The van der Waals surface area contributed by atoms with Crippen LogP contribution < -0.4 is 10.5 Å². The van der Waals surface area contributed by atoms with E-state index >= 15 is 0 Å². The highest BCUT2D eigenvalue weighted by atomic mass is 16.5. The molecule has 1 fully saturated rings. The van der Waals surface area contributed by atoms with E-state index in [1.54, 1.807) is 23.9 Å². The zero-order chi connectivity index (χ0) is 17.9. The fourth-order valence-electron chi connectivity index (χ4n) is 3.38. The number of hydrogen-bond acceptors (Lipinski definition) is 6. The average Bonchev–Trinajstić information content (AvgIpc) is 2.71. The van der Waals surface area contributed by atoms with Gasteiger partial charge in [0.25, 0.3) is 5.56 Å². The predicted molar refractivity (Wildman–Crippen MR) is 98.8 cm³/mol. The second-order valence-corrected chi connectivity index (χ2v) is 6.50. The van der Waals surface area contributed by atoms with Gasteiger partial charge in [-0.15, -0.1) is 0 Å². The molecule has 0 aromatic carbocycles. The van der Waals surface area contributed by atoms with E-state index in [2.05, 4.69) is 39.2 Å². The van der Waals surface area contributed by atoms with Gasteiger partial charge in [-0.25, -0.2) is 15.0 Å². The van der Waals surface area contributed by atoms with Gasteiger partial charge in [0.1, 0.15) is 6.33 Å². The Labute approximate surface area is 151 Å². The fourth-order valence-corrected chi connectivity index (χ4v) is 3.38. The van der Waals surface area contributed by atoms with Crippen molar-refractivity contribution in [3.8, 4) is 11.4 Å². The lowest BCUT2D eigenvalue weighted by Gasteiger charge is -2.37. The SMILES string of the molecule is Cn1c(N2CCO[C@H](C3C=CC=CC3)C2)nc(-c2ccncn2)cc1=O. The minimum absolute atomic E-state index is 0.0876. The van der Waals surface area contributed by atoms with Crippen molar-refractivity contribution < 1.29 is 4.74 Å². The maximum atomic E-state index is 12.5. The molecule has 3 heterocycles. The minimum atomic E-state index is -0.104. The number of allylic oxidation sites excluding steroid dienone is 3. The maximum Gasteiger partial charge on any atom is 0.255 e. The van der Waals surface area contributed by atoms with E-state index < -0.39 is 0 Å². The molecule has 1 saturated heterocycles. The lowest BCUT2D eigenvalue weighted by atomic mass is 9.93. The quantitative estimate of drug-likeness (QED) is 0.836. The third-order valence-corrected chi connectivity index (χ3v) is 4.82. The first-order valence-corrected chi connectivity index (χ1v) is 8.77. The van der Waals surface area contributed by atoms with Crippen molar-refractivity contribution in [1.82, 2.24) is 19.5 Å². The molecule has 0 N–H and O–H groups in total. The predicted octanol–water partition coefficient (Wildman–Crippen LogP) is 1.57. The summed E-state index contributed by atoms with van der Waals surface area (Å²) < 4.78 is 7.58. The number of morpholine rings is 1. The number of aromatic nitrogens is 4. The highest BCUT2D eigenvalue weighted by Crippen LogP contribution is 2.24. The minimum Gasteiger partial charge on any atom is -0.374 e. The van der Waals surface area contributed by atoms with Crippen molar-refractivity contribution in [2.24, 2.45) is 13.0 Å². The van der Waals surface area contributed by atoms with Gasteiger partial charge in [-0.3, -0.25) is 9.36 Å². The van der Waals surface area contributed by atoms with Gasteiger partial charge in [0.2, 0.25) is 5.95 Å². The number of anilines is 1. The van der Waals surface area contributed by atoms with Crippen LogP contribution in [-0.4, -0.2) is 45.3 Å². The normalized spacial score (nSPS) is 22.6. The Morgan fingerprint density at radius 2 is 2.19 bits per heavy atom. The Bertz CT molecular complexity index is 891. The van der Waals surface area contributed by atoms with E-state index in [0.29, 0.717) is 43.0 Å². The van der Waals surface area contributed by atoms with Crippen molar-refractivity contribution in [3.05, 3.63) is 59.3 Å². The molecule has 0 spiro atoms. The van der Waals surface area contributed by atoms with Crippen molar-refractivity contribution >= 4 is 5.95 Å². The van der Waals surface area contributed by atoms with Gasteiger partial charge in [-0.2, -0.15) is 0 Å². The summed E-state index contributed by atoms with van der Waals surface area (Å²) in [5, 5.41) is 0. The summed E-state index contributed by atoms with van der Waals surface area (Å²) in [6, 6.07) is 3.27. The Morgan fingerprint density at radius 3 is 2.96 bits per heavy atom. The molecule has 0 bridgehead atoms. The van der Waals surface area contributed by atoms with Crippen LogP contribution in [-0.2, 0) is 11.8 Å². The van der Waals surface area contributed by atoms with Crippen LogP contribution in [0.1, 0.15) is 6.42 Å². The van der Waals surface area contributed by atoms with Gasteiger partial charge in [-0.1, -0.05) is 24.3 Å². The van der Waals surface area contributed by atoms with Crippen LogP contribution in [0, 0.1) is 5.92 Å². The molecule has 7 nitrogen and oxygen atoms in total. The summed E-state index contributed by atoms with van der Waals surface area (Å²) in [7, 11) is 1.75. The number of rotatable bonds is 3. The zero-order valence-corrected chi connectivity index (χ0v) is 14.7. The largest absolute Gasteiger partial charge is 0.374 e. The number of nitrogens with zero attached hydrogens (tertiary/aromatic N) is 5. The topological polar surface area (TPSA) is 73.1 Å². The van der Waals surface area contributed by atoms with Gasteiger partial charge >= 0.3 is 0 Å². The molecule has 1 aliphatic heterocycles. The monoisotopic (exact) mass is 351 g/mol. The third-order valence-electron chi connectivity index (χ3n) is 4.82. The van der Waals surface area contributed by atoms with E-state index in [4.69, 9.17) is 9.72 Å². The van der Waals surface area contributed by atoms with E-state index in [9.17, 15) is 4.79 Å². The Kier molecular flexibility index (Phi) is 4.62. The average molecular weight is 351 g/mol. The lowest BCUT2D eigenvalue weighted by Crippen LogP contribution is -2.47. The summed E-state index contributed by atoms with van der Waals surface area (Å²) in [6.07, 6.45) is 12.7. The second-order valence-electron chi connectivity index (χ2n) is 6.50. The van der Waals surface area contributed by atoms with E-state index in [1.165, 1.54) is 12.4 Å². The highest BCUT2D eigenvalue weighted by molar-refractivity contribution is 5.55. The van der Waals surface area contributed by atoms with Crippen LogP contribution in [0.4, 0.5) is 5.95 Å². The van der Waals surface area contributed by atoms with Crippen molar-refractivity contribution in [2.75, 3.05) is 24.6 Å². The molecule has 0 amide bonds. The molecular weight excluding hydrogens is 330 g/mol. The molecule has 1 unspecified atom stereocenters. The molecule has 26 heavy (non-hydrogen) atoms. The standard InChI is InChI=1S/C19H21N5O2/c1-23-18(25)11-16(15-7-8-20-13-21-15)22-19(23)24-9-10-26-17(12-24)14-5-3-2-4-6-14/h2-5,7-8,11,13-14,17H,6,9-10,12H2,1H3/t14?,17-/m0/s1. The van der Waals surface area contributed by atoms with Gasteiger partial charge in [-0.05, 0) is 12.5 Å². The molecule has 2 atom stereocenters. The summed E-state index contributed by atoms with van der Waals surface area (Å²) in [6.45, 7) is 2.03. The van der Waals surface area contributed by atoms with Gasteiger partial charge < -0.3 is 9.64 Å². The van der Waals surface area contributed by atoms with Crippen LogP contribution >= 0.6 is 0 Å².